The first-order chi connectivity index (χ1) is 27.0. The van der Waals surface area contributed by atoms with Crippen LogP contribution in [-0.2, 0) is 18.4 Å². The molecule has 3 N–H and O–H groups in total. The van der Waals surface area contributed by atoms with Gasteiger partial charge in [-0.2, -0.15) is 0 Å². The number of likely N-dealkylation sites (N-methyl/N-ethyl adjacent to an activating group) is 1. The number of nitrogens with one attached hydrogen (secondary N) is 1. The van der Waals surface area contributed by atoms with Crippen molar-refractivity contribution in [3.05, 3.63) is 36.5 Å². The molecule has 0 aromatic rings. The van der Waals surface area contributed by atoms with Crippen molar-refractivity contribution in [2.75, 3.05) is 40.9 Å². The molecule has 0 spiro atoms. The van der Waals surface area contributed by atoms with E-state index in [0.29, 0.717) is 17.4 Å². The Morgan fingerprint density at radius 1 is 0.607 bits per heavy atom. The van der Waals surface area contributed by atoms with Crippen molar-refractivity contribution >= 4 is 13.7 Å². The van der Waals surface area contributed by atoms with Gasteiger partial charge in [-0.15, -0.1) is 0 Å². The fourth-order valence-corrected chi connectivity index (χ4v) is 7.34. The van der Waals surface area contributed by atoms with Gasteiger partial charge in [-0.25, -0.2) is 4.57 Å². The van der Waals surface area contributed by atoms with E-state index in [1.54, 1.807) is 6.08 Å². The molecule has 8 nitrogen and oxygen atoms in total. The zero-order valence-electron chi connectivity index (χ0n) is 37.4. The Balaban J connectivity index is 3.74. The minimum Gasteiger partial charge on any atom is -0.387 e. The van der Waals surface area contributed by atoms with Crippen LogP contribution < -0.4 is 5.32 Å². The fraction of sp³-hybridized carbons (Fsp3) is 0.851. The predicted molar refractivity (Wildman–Crippen MR) is 240 cm³/mol. The monoisotopic (exact) mass is 812 g/mol. The van der Waals surface area contributed by atoms with Gasteiger partial charge in [0.15, 0.2) is 0 Å². The molecule has 0 aromatic heterocycles. The van der Waals surface area contributed by atoms with Crippen LogP contribution in [0.15, 0.2) is 36.5 Å². The fourth-order valence-electron chi connectivity index (χ4n) is 6.61. The van der Waals surface area contributed by atoms with E-state index in [4.69, 9.17) is 9.05 Å². The molecule has 3 atom stereocenters. The maximum absolute atomic E-state index is 12.7. The van der Waals surface area contributed by atoms with Crippen molar-refractivity contribution in [1.82, 2.24) is 5.32 Å². The topological polar surface area (TPSA) is 105 Å². The molecule has 3 unspecified atom stereocenters. The Morgan fingerprint density at radius 2 is 1.05 bits per heavy atom. The van der Waals surface area contributed by atoms with E-state index in [2.05, 4.69) is 36.5 Å². The molecule has 56 heavy (non-hydrogen) atoms. The molecule has 0 saturated carbocycles. The van der Waals surface area contributed by atoms with Crippen LogP contribution in [0, 0.1) is 0 Å². The third-order valence-corrected chi connectivity index (χ3v) is 11.3. The predicted octanol–water partition coefficient (Wildman–Crippen LogP) is 13.1. The van der Waals surface area contributed by atoms with Crippen molar-refractivity contribution in [2.45, 2.75) is 219 Å². The first-order valence-corrected chi connectivity index (χ1v) is 24.9. The summed E-state index contributed by atoms with van der Waals surface area (Å²) in [5.74, 6) is -0.188. The molecule has 0 heterocycles. The Hall–Kier alpha value is -1.28. The number of quaternary nitrogens is 1. The number of phosphoric ester groups is 1. The molecule has 0 aliphatic heterocycles. The van der Waals surface area contributed by atoms with E-state index < -0.39 is 20.0 Å². The van der Waals surface area contributed by atoms with Crippen LogP contribution in [0.3, 0.4) is 0 Å². The lowest BCUT2D eigenvalue weighted by molar-refractivity contribution is -0.870. The number of rotatable bonds is 42. The van der Waals surface area contributed by atoms with Gasteiger partial charge in [-0.05, 0) is 44.9 Å². The summed E-state index contributed by atoms with van der Waals surface area (Å²) in [7, 11) is 1.57. The van der Waals surface area contributed by atoms with Crippen LogP contribution >= 0.6 is 7.82 Å². The van der Waals surface area contributed by atoms with Gasteiger partial charge in [0.05, 0.1) is 39.9 Å². The number of aliphatic hydroxyl groups is 1. The van der Waals surface area contributed by atoms with Gasteiger partial charge in [0.2, 0.25) is 5.91 Å². The summed E-state index contributed by atoms with van der Waals surface area (Å²) in [6.07, 6.45) is 49.0. The lowest BCUT2D eigenvalue weighted by Gasteiger charge is -2.25. The summed E-state index contributed by atoms with van der Waals surface area (Å²) in [5.41, 5.74) is 0. The number of phosphoric acid groups is 1. The largest absolute Gasteiger partial charge is 0.472 e. The first kappa shape index (κ1) is 54.7. The minimum absolute atomic E-state index is 0.0605. The van der Waals surface area contributed by atoms with Crippen LogP contribution in [0.1, 0.15) is 206 Å². The molecule has 0 rings (SSSR count). The van der Waals surface area contributed by atoms with Gasteiger partial charge < -0.3 is 19.8 Å². The zero-order chi connectivity index (χ0) is 41.4. The molecule has 0 aliphatic rings. The van der Waals surface area contributed by atoms with Crippen LogP contribution in [0.2, 0.25) is 0 Å². The molecular weight excluding hydrogens is 719 g/mol. The number of carbonyl (C=O) groups excluding carboxylic acids is 1. The second-order valence-electron chi connectivity index (χ2n) is 17.1. The molecule has 0 aromatic carbocycles. The van der Waals surface area contributed by atoms with Crippen LogP contribution in [0.25, 0.3) is 0 Å². The van der Waals surface area contributed by atoms with Crippen molar-refractivity contribution in [2.24, 2.45) is 0 Å². The van der Waals surface area contributed by atoms with Gasteiger partial charge in [-0.3, -0.25) is 13.8 Å². The second-order valence-corrected chi connectivity index (χ2v) is 18.6. The zero-order valence-corrected chi connectivity index (χ0v) is 38.3. The molecular formula is C47H92N2O6P+. The Bertz CT molecular complexity index is 1010. The van der Waals surface area contributed by atoms with Crippen molar-refractivity contribution < 1.29 is 32.9 Å². The van der Waals surface area contributed by atoms with E-state index in [1.165, 1.54) is 148 Å². The number of amides is 1. The lowest BCUT2D eigenvalue weighted by atomic mass is 10.0. The van der Waals surface area contributed by atoms with Crippen molar-refractivity contribution in [3.8, 4) is 0 Å². The molecule has 0 aliphatic carbocycles. The van der Waals surface area contributed by atoms with Gasteiger partial charge in [0.25, 0.3) is 0 Å². The molecule has 9 heteroatoms. The maximum Gasteiger partial charge on any atom is 0.472 e. The maximum atomic E-state index is 12.7. The van der Waals surface area contributed by atoms with E-state index in [0.717, 1.165) is 38.5 Å². The van der Waals surface area contributed by atoms with E-state index >= 15 is 0 Å². The highest BCUT2D eigenvalue weighted by Gasteiger charge is 2.27. The van der Waals surface area contributed by atoms with E-state index in [-0.39, 0.29) is 19.1 Å². The second kappa shape index (κ2) is 39.2. The lowest BCUT2D eigenvalue weighted by Crippen LogP contribution is -2.45. The Morgan fingerprint density at radius 3 is 1.50 bits per heavy atom. The highest BCUT2D eigenvalue weighted by atomic mass is 31.2. The number of carbonyl (C=O) groups is 1. The van der Waals surface area contributed by atoms with Crippen molar-refractivity contribution in [3.63, 3.8) is 0 Å². The molecule has 1 amide bonds. The number of nitrogens with zero attached hydrogens (tertiary/aromatic N) is 1. The number of allylic oxidation sites excluding steroid dienone is 5. The number of aliphatic hydroxyl groups excluding tert-OH is 1. The average molecular weight is 812 g/mol. The first-order valence-electron chi connectivity index (χ1n) is 23.4. The highest BCUT2D eigenvalue weighted by Crippen LogP contribution is 2.43. The summed E-state index contributed by atoms with van der Waals surface area (Å²) in [4.78, 5) is 22.8. The normalized spacial score (nSPS) is 14.6. The Kier molecular flexibility index (Phi) is 38.3. The van der Waals surface area contributed by atoms with E-state index in [1.807, 2.05) is 34.1 Å². The Labute approximate surface area is 347 Å². The summed E-state index contributed by atoms with van der Waals surface area (Å²) < 4.78 is 23.2. The van der Waals surface area contributed by atoms with Crippen molar-refractivity contribution in [1.29, 1.82) is 0 Å². The highest BCUT2D eigenvalue weighted by molar-refractivity contribution is 7.47. The van der Waals surface area contributed by atoms with Gasteiger partial charge in [0.1, 0.15) is 13.2 Å². The average Bonchev–Trinajstić information content (AvgIpc) is 3.15. The molecule has 330 valence electrons. The smallest absolute Gasteiger partial charge is 0.387 e. The summed E-state index contributed by atoms with van der Waals surface area (Å²) in [6.45, 7) is 4.59. The van der Waals surface area contributed by atoms with Crippen LogP contribution in [0.4, 0.5) is 0 Å². The minimum atomic E-state index is -4.31. The standard InChI is InChI=1S/C47H91N2O6P/c1-6-8-10-11-12-13-14-15-16-17-18-19-20-21-22-23-24-25-26-27-28-29-30-31-32-33-34-35-36-37-39-41-47(51)48-45(46(50)40-38-9-7-2)44-55-56(52,53)54-43-42-49(3,4)5/h14-15,17-18,38,40,45-46,50H,6-13,16,19-37,39,41-44H2,1-5H3,(H-,48,51,52,53)/p+1/b15-14-,18-17-,40-38+. The molecule has 0 radical (unpaired) electrons. The third kappa shape index (κ3) is 40.9. The number of hydrogen-bond donors (Lipinski definition) is 3. The quantitative estimate of drug-likeness (QED) is 0.0245. The molecule has 0 saturated heterocycles. The summed E-state index contributed by atoms with van der Waals surface area (Å²) in [6, 6.07) is -0.839. The number of unbranched alkanes of at least 4 members (excludes halogenated alkanes) is 25. The SMILES string of the molecule is CCC/C=C/C(O)C(COP(=O)(O)OCC[N+](C)(C)C)NC(=O)CCCCCCCCCCCCCCCCCCCCC/C=C\C/C=C\CCCCCCC. The molecule has 0 fully saturated rings. The van der Waals surface area contributed by atoms with Gasteiger partial charge >= 0.3 is 7.82 Å². The molecule has 0 bridgehead atoms. The van der Waals surface area contributed by atoms with Gasteiger partial charge in [-0.1, -0.05) is 192 Å². The van der Waals surface area contributed by atoms with Crippen LogP contribution in [0.5, 0.6) is 0 Å². The summed E-state index contributed by atoms with van der Waals surface area (Å²) >= 11 is 0. The third-order valence-electron chi connectivity index (χ3n) is 10.3. The van der Waals surface area contributed by atoms with Gasteiger partial charge in [0, 0.05) is 6.42 Å². The summed E-state index contributed by atoms with van der Waals surface area (Å²) in [5, 5.41) is 13.5. The van der Waals surface area contributed by atoms with Crippen LogP contribution in [-0.4, -0.2) is 73.4 Å². The van der Waals surface area contributed by atoms with E-state index in [9.17, 15) is 19.4 Å². The number of hydrogen-bond acceptors (Lipinski definition) is 5.